The molecule has 1 aliphatic carbocycles. The summed E-state index contributed by atoms with van der Waals surface area (Å²) < 4.78 is 5.55. The van der Waals surface area contributed by atoms with Crippen molar-refractivity contribution in [3.8, 4) is 5.75 Å². The van der Waals surface area contributed by atoms with E-state index in [1.165, 1.54) is 30.4 Å². The van der Waals surface area contributed by atoms with Crippen molar-refractivity contribution in [2.24, 2.45) is 5.92 Å². The highest BCUT2D eigenvalue weighted by Crippen LogP contribution is 2.58. The van der Waals surface area contributed by atoms with E-state index < -0.39 is 0 Å². The summed E-state index contributed by atoms with van der Waals surface area (Å²) in [6.45, 7) is 10.9. The van der Waals surface area contributed by atoms with E-state index >= 15 is 0 Å². The van der Waals surface area contributed by atoms with Crippen LogP contribution in [-0.4, -0.2) is 7.11 Å². The lowest BCUT2D eigenvalue weighted by atomic mass is 9.80. The minimum Gasteiger partial charge on any atom is -0.496 e. The van der Waals surface area contributed by atoms with E-state index in [2.05, 4.69) is 39.0 Å². The van der Waals surface area contributed by atoms with Crippen LogP contribution in [0.5, 0.6) is 5.75 Å². The molecule has 1 fully saturated rings. The van der Waals surface area contributed by atoms with Crippen LogP contribution in [0.2, 0.25) is 0 Å². The molecule has 1 heteroatoms. The number of methoxy groups -OCH3 is 1. The summed E-state index contributed by atoms with van der Waals surface area (Å²) in [5.74, 6) is 1.83. The number of ether oxygens (including phenoxy) is 1. The Labute approximate surface area is 113 Å². The van der Waals surface area contributed by atoms with Gasteiger partial charge in [-0.15, -0.1) is 0 Å². The SMILES string of the molecule is CC.CCC(C)C1(c2c(C)cccc2OC)CC1. The van der Waals surface area contributed by atoms with Gasteiger partial charge in [-0.2, -0.15) is 0 Å². The van der Waals surface area contributed by atoms with Crippen LogP contribution in [-0.2, 0) is 5.41 Å². The van der Waals surface area contributed by atoms with Crippen molar-refractivity contribution in [1.82, 2.24) is 0 Å². The second kappa shape index (κ2) is 6.26. The number of benzene rings is 1. The smallest absolute Gasteiger partial charge is 0.122 e. The van der Waals surface area contributed by atoms with Crippen molar-refractivity contribution in [1.29, 1.82) is 0 Å². The first-order chi connectivity index (χ1) is 8.65. The third-order valence-electron chi connectivity index (χ3n) is 4.30. The molecule has 1 aromatic carbocycles. The summed E-state index contributed by atoms with van der Waals surface area (Å²) in [7, 11) is 1.78. The molecule has 2 rings (SSSR count). The molecule has 0 aliphatic heterocycles. The Morgan fingerprint density at radius 1 is 1.28 bits per heavy atom. The maximum atomic E-state index is 5.55. The van der Waals surface area contributed by atoms with E-state index in [0.717, 1.165) is 11.7 Å². The van der Waals surface area contributed by atoms with Crippen molar-refractivity contribution in [3.63, 3.8) is 0 Å². The molecule has 1 nitrogen and oxygen atoms in total. The lowest BCUT2D eigenvalue weighted by molar-refractivity contribution is 0.375. The predicted molar refractivity (Wildman–Crippen MR) is 79.4 cm³/mol. The van der Waals surface area contributed by atoms with Gasteiger partial charge in [-0.05, 0) is 37.3 Å². The van der Waals surface area contributed by atoms with Gasteiger partial charge in [0.05, 0.1) is 7.11 Å². The summed E-state index contributed by atoms with van der Waals surface area (Å²) in [5.41, 5.74) is 3.26. The number of hydrogen-bond acceptors (Lipinski definition) is 1. The molecule has 0 amide bonds. The van der Waals surface area contributed by atoms with Gasteiger partial charge in [-0.25, -0.2) is 0 Å². The first kappa shape index (κ1) is 15.1. The number of aryl methyl sites for hydroxylation is 1. The molecule has 18 heavy (non-hydrogen) atoms. The monoisotopic (exact) mass is 248 g/mol. The maximum absolute atomic E-state index is 5.55. The van der Waals surface area contributed by atoms with Crippen molar-refractivity contribution >= 4 is 0 Å². The Balaban J connectivity index is 0.000000771. The zero-order valence-electron chi connectivity index (χ0n) is 12.8. The van der Waals surface area contributed by atoms with Crippen molar-refractivity contribution in [3.05, 3.63) is 29.3 Å². The Morgan fingerprint density at radius 3 is 2.33 bits per heavy atom. The standard InChI is InChI=1S/C15H22O.C2H6/c1-5-12(3)15(9-10-15)14-11(2)7-6-8-13(14)16-4;1-2/h6-8,12H,5,9-10H2,1-4H3;1-2H3. The van der Waals surface area contributed by atoms with E-state index in [0.29, 0.717) is 5.41 Å². The van der Waals surface area contributed by atoms with Gasteiger partial charge in [0.2, 0.25) is 0 Å². The van der Waals surface area contributed by atoms with Gasteiger partial charge in [0.25, 0.3) is 0 Å². The number of rotatable bonds is 4. The highest BCUT2D eigenvalue weighted by atomic mass is 16.5. The van der Waals surface area contributed by atoms with Crippen LogP contribution < -0.4 is 4.74 Å². The Kier molecular flexibility index (Phi) is 5.25. The normalized spacial score (nSPS) is 17.4. The van der Waals surface area contributed by atoms with Crippen LogP contribution in [0.25, 0.3) is 0 Å². The van der Waals surface area contributed by atoms with Crippen LogP contribution in [0, 0.1) is 12.8 Å². The third kappa shape index (κ3) is 2.55. The van der Waals surface area contributed by atoms with Gasteiger partial charge in [-0.3, -0.25) is 0 Å². The minimum absolute atomic E-state index is 0.408. The first-order valence-electron chi connectivity index (χ1n) is 7.29. The van der Waals surface area contributed by atoms with Crippen molar-refractivity contribution in [2.75, 3.05) is 7.11 Å². The lowest BCUT2D eigenvalue weighted by Gasteiger charge is -2.26. The Bertz CT molecular complexity index is 377. The Hall–Kier alpha value is -0.980. The molecule has 1 unspecified atom stereocenters. The van der Waals surface area contributed by atoms with Crippen molar-refractivity contribution in [2.45, 2.75) is 59.3 Å². The molecule has 1 aliphatic rings. The molecule has 0 saturated heterocycles. The predicted octanol–water partition coefficient (Wildman–Crippen LogP) is 5.11. The van der Waals surface area contributed by atoms with Gasteiger partial charge < -0.3 is 4.74 Å². The molecule has 0 radical (unpaired) electrons. The average molecular weight is 248 g/mol. The minimum atomic E-state index is 0.408. The first-order valence-corrected chi connectivity index (χ1v) is 7.29. The quantitative estimate of drug-likeness (QED) is 0.719. The van der Waals surface area contributed by atoms with Crippen LogP contribution in [0.3, 0.4) is 0 Å². The van der Waals surface area contributed by atoms with Crippen LogP contribution in [0.1, 0.15) is 58.1 Å². The summed E-state index contributed by atoms with van der Waals surface area (Å²) >= 11 is 0. The van der Waals surface area contributed by atoms with Gasteiger partial charge in [0.15, 0.2) is 0 Å². The van der Waals surface area contributed by atoms with Crippen LogP contribution in [0.15, 0.2) is 18.2 Å². The molecule has 102 valence electrons. The zero-order valence-corrected chi connectivity index (χ0v) is 12.8. The maximum Gasteiger partial charge on any atom is 0.122 e. The fraction of sp³-hybridized carbons (Fsp3) is 0.647. The average Bonchev–Trinajstić information content (AvgIpc) is 3.21. The summed E-state index contributed by atoms with van der Waals surface area (Å²) in [4.78, 5) is 0. The highest BCUT2D eigenvalue weighted by Gasteiger charge is 2.50. The van der Waals surface area contributed by atoms with E-state index in [1.807, 2.05) is 13.8 Å². The topological polar surface area (TPSA) is 9.23 Å². The Morgan fingerprint density at radius 2 is 1.89 bits per heavy atom. The van der Waals surface area contributed by atoms with E-state index in [4.69, 9.17) is 4.74 Å². The van der Waals surface area contributed by atoms with Gasteiger partial charge >= 0.3 is 0 Å². The van der Waals surface area contributed by atoms with Gasteiger partial charge in [-0.1, -0.05) is 46.2 Å². The second-order valence-corrected chi connectivity index (χ2v) is 5.12. The molecule has 0 spiro atoms. The highest BCUT2D eigenvalue weighted by molar-refractivity contribution is 5.48. The molecular formula is C17H28O. The largest absolute Gasteiger partial charge is 0.496 e. The molecule has 0 N–H and O–H groups in total. The molecule has 0 aromatic heterocycles. The summed E-state index contributed by atoms with van der Waals surface area (Å²) in [5, 5.41) is 0. The molecule has 0 heterocycles. The van der Waals surface area contributed by atoms with Gasteiger partial charge in [0, 0.05) is 11.0 Å². The van der Waals surface area contributed by atoms with Gasteiger partial charge in [0.1, 0.15) is 5.75 Å². The number of hydrogen-bond donors (Lipinski definition) is 0. The fourth-order valence-electron chi connectivity index (χ4n) is 2.96. The van der Waals surface area contributed by atoms with E-state index in [9.17, 15) is 0 Å². The van der Waals surface area contributed by atoms with Crippen molar-refractivity contribution < 1.29 is 4.74 Å². The lowest BCUT2D eigenvalue weighted by Crippen LogP contribution is -2.19. The molecule has 1 saturated carbocycles. The van der Waals surface area contributed by atoms with Crippen LogP contribution >= 0.6 is 0 Å². The summed E-state index contributed by atoms with van der Waals surface area (Å²) in [6.07, 6.45) is 3.89. The molecular weight excluding hydrogens is 220 g/mol. The zero-order chi connectivity index (χ0) is 13.8. The fourth-order valence-corrected chi connectivity index (χ4v) is 2.96. The van der Waals surface area contributed by atoms with E-state index in [1.54, 1.807) is 7.11 Å². The van der Waals surface area contributed by atoms with E-state index in [-0.39, 0.29) is 0 Å². The third-order valence-corrected chi connectivity index (χ3v) is 4.30. The molecule has 1 atom stereocenters. The molecule has 0 bridgehead atoms. The second-order valence-electron chi connectivity index (χ2n) is 5.12. The summed E-state index contributed by atoms with van der Waals surface area (Å²) in [6, 6.07) is 6.40. The molecule has 1 aromatic rings. The van der Waals surface area contributed by atoms with Crippen LogP contribution in [0.4, 0.5) is 0 Å².